The molecule has 0 radical (unpaired) electrons. The minimum absolute atomic E-state index is 0.608. The van der Waals surface area contributed by atoms with Gasteiger partial charge in [0.25, 0.3) is 0 Å². The van der Waals surface area contributed by atoms with Gasteiger partial charge in [-0.05, 0) is 12.1 Å². The number of rotatable bonds is 1. The van der Waals surface area contributed by atoms with Crippen LogP contribution in [0.4, 0.5) is 0 Å². The van der Waals surface area contributed by atoms with Crippen LogP contribution < -0.4 is 9.83 Å². The monoisotopic (exact) mass is 246 g/mol. The second-order valence-corrected chi connectivity index (χ2v) is 5.81. The molecule has 0 amide bonds. The first kappa shape index (κ1) is 10.6. The van der Waals surface area contributed by atoms with Gasteiger partial charge >= 0.3 is 7.60 Å². The average Bonchev–Trinajstić information content (AvgIpc) is 2.39. The Morgan fingerprint density at radius 1 is 1.00 bits per heavy atom. The van der Waals surface area contributed by atoms with E-state index in [2.05, 4.69) is 0 Å². The first-order valence-corrected chi connectivity index (χ1v) is 6.83. The highest BCUT2D eigenvalue weighted by atomic mass is 31.2. The summed E-state index contributed by atoms with van der Waals surface area (Å²) in [4.78, 5) is 0. The van der Waals surface area contributed by atoms with Gasteiger partial charge in [0, 0.05) is 18.2 Å². The predicted molar refractivity (Wildman–Crippen MR) is 66.8 cm³/mol. The van der Waals surface area contributed by atoms with E-state index >= 15 is 0 Å². The van der Waals surface area contributed by atoms with Crippen LogP contribution in [0.3, 0.4) is 0 Å². The summed E-state index contributed by atoms with van der Waals surface area (Å²) in [5, 5.41) is 0.626. The maximum Gasteiger partial charge on any atom is 0.411 e. The number of hydrogen-bond acceptors (Lipinski definition) is 3. The fourth-order valence-electron chi connectivity index (χ4n) is 2.02. The van der Waals surface area contributed by atoms with Crippen molar-refractivity contribution >= 4 is 12.9 Å². The highest BCUT2D eigenvalue weighted by Gasteiger charge is 2.36. The minimum atomic E-state index is -3.22. The molecule has 1 aliphatic rings. The summed E-state index contributed by atoms with van der Waals surface area (Å²) in [5.41, 5.74) is 1.87. The molecule has 2 aromatic carbocycles. The summed E-state index contributed by atoms with van der Waals surface area (Å²) >= 11 is 0. The zero-order chi connectivity index (χ0) is 11.9. The lowest BCUT2D eigenvalue weighted by Gasteiger charge is -2.26. The summed E-state index contributed by atoms with van der Waals surface area (Å²) in [6, 6.07) is 15.0. The molecule has 4 heteroatoms. The van der Waals surface area contributed by atoms with Crippen molar-refractivity contribution in [3.63, 3.8) is 0 Å². The van der Waals surface area contributed by atoms with Gasteiger partial charge in [0.05, 0.1) is 5.30 Å². The van der Waals surface area contributed by atoms with Gasteiger partial charge in [0.1, 0.15) is 5.75 Å². The van der Waals surface area contributed by atoms with Crippen molar-refractivity contribution in [3.8, 4) is 16.9 Å². The van der Waals surface area contributed by atoms with E-state index in [1.165, 1.54) is 7.11 Å². The largest absolute Gasteiger partial charge is 0.421 e. The summed E-state index contributed by atoms with van der Waals surface area (Å²) < 4.78 is 23.2. The van der Waals surface area contributed by atoms with Crippen LogP contribution in [0.2, 0.25) is 0 Å². The van der Waals surface area contributed by atoms with Gasteiger partial charge < -0.3 is 4.52 Å². The van der Waals surface area contributed by atoms with Crippen molar-refractivity contribution in [2.45, 2.75) is 0 Å². The van der Waals surface area contributed by atoms with Crippen LogP contribution in [-0.4, -0.2) is 7.11 Å². The van der Waals surface area contributed by atoms with E-state index < -0.39 is 7.60 Å². The summed E-state index contributed by atoms with van der Waals surface area (Å²) in [5.74, 6) is 0.608. The van der Waals surface area contributed by atoms with E-state index in [0.717, 1.165) is 11.1 Å². The molecule has 0 saturated carbocycles. The van der Waals surface area contributed by atoms with Gasteiger partial charge in [0.2, 0.25) is 0 Å². The summed E-state index contributed by atoms with van der Waals surface area (Å²) in [6.07, 6.45) is 0. The number of hydrogen-bond donors (Lipinski definition) is 0. The lowest BCUT2D eigenvalue weighted by molar-refractivity contribution is 0.333. The Bertz CT molecular complexity index is 622. The Kier molecular flexibility index (Phi) is 2.32. The molecule has 2 aromatic rings. The fraction of sp³-hybridized carbons (Fsp3) is 0.0769. The predicted octanol–water partition coefficient (Wildman–Crippen LogP) is 3.21. The number of para-hydroxylation sites is 1. The van der Waals surface area contributed by atoms with Gasteiger partial charge in [-0.25, -0.2) is 4.57 Å². The van der Waals surface area contributed by atoms with Crippen molar-refractivity contribution in [2.24, 2.45) is 0 Å². The molecule has 0 saturated heterocycles. The topological polar surface area (TPSA) is 35.5 Å². The van der Waals surface area contributed by atoms with Crippen LogP contribution >= 0.6 is 7.60 Å². The van der Waals surface area contributed by atoms with Gasteiger partial charge in [-0.3, -0.25) is 4.52 Å². The molecule has 1 unspecified atom stereocenters. The molecule has 3 rings (SSSR count). The third-order valence-corrected chi connectivity index (χ3v) is 4.73. The number of fused-ring (bicyclic) bond motifs is 3. The summed E-state index contributed by atoms with van der Waals surface area (Å²) in [7, 11) is -1.81. The maximum atomic E-state index is 12.5. The minimum Gasteiger partial charge on any atom is -0.421 e. The molecule has 0 spiro atoms. The molecule has 0 N–H and O–H groups in total. The quantitative estimate of drug-likeness (QED) is 0.725. The molecule has 1 heterocycles. The third-order valence-electron chi connectivity index (χ3n) is 2.84. The van der Waals surface area contributed by atoms with Gasteiger partial charge in [-0.15, -0.1) is 0 Å². The Hall–Kier alpha value is -1.57. The van der Waals surface area contributed by atoms with E-state index in [4.69, 9.17) is 9.05 Å². The van der Waals surface area contributed by atoms with Crippen molar-refractivity contribution in [1.29, 1.82) is 0 Å². The first-order chi connectivity index (χ1) is 8.24. The average molecular weight is 246 g/mol. The highest BCUT2D eigenvalue weighted by molar-refractivity contribution is 7.63. The second kappa shape index (κ2) is 3.73. The van der Waals surface area contributed by atoms with E-state index in [9.17, 15) is 4.57 Å². The molecule has 1 atom stereocenters. The second-order valence-electron chi connectivity index (χ2n) is 3.78. The number of benzene rings is 2. The molecule has 17 heavy (non-hydrogen) atoms. The van der Waals surface area contributed by atoms with Crippen LogP contribution in [-0.2, 0) is 9.09 Å². The van der Waals surface area contributed by atoms with Crippen molar-refractivity contribution in [2.75, 3.05) is 7.11 Å². The molecule has 0 aliphatic carbocycles. The smallest absolute Gasteiger partial charge is 0.411 e. The molecular weight excluding hydrogens is 235 g/mol. The Morgan fingerprint density at radius 3 is 2.41 bits per heavy atom. The van der Waals surface area contributed by atoms with Gasteiger partial charge in [-0.2, -0.15) is 0 Å². The van der Waals surface area contributed by atoms with Crippen LogP contribution in [0.5, 0.6) is 5.75 Å². The van der Waals surface area contributed by atoms with Crippen molar-refractivity contribution in [1.82, 2.24) is 0 Å². The Morgan fingerprint density at radius 2 is 1.65 bits per heavy atom. The van der Waals surface area contributed by atoms with E-state index in [1.807, 2.05) is 36.4 Å². The summed E-state index contributed by atoms with van der Waals surface area (Å²) in [6.45, 7) is 0. The third kappa shape index (κ3) is 1.51. The van der Waals surface area contributed by atoms with E-state index in [1.54, 1.807) is 12.1 Å². The molecular formula is C13H11O3P. The lowest BCUT2D eigenvalue weighted by atomic mass is 10.0. The highest BCUT2D eigenvalue weighted by Crippen LogP contribution is 2.54. The van der Waals surface area contributed by atoms with E-state index in [0.29, 0.717) is 11.1 Å². The Balaban J connectivity index is 2.34. The fourth-order valence-corrected chi connectivity index (χ4v) is 3.57. The van der Waals surface area contributed by atoms with E-state index in [-0.39, 0.29) is 0 Å². The van der Waals surface area contributed by atoms with Gasteiger partial charge in [-0.1, -0.05) is 36.4 Å². The molecule has 0 aromatic heterocycles. The lowest BCUT2D eigenvalue weighted by Crippen LogP contribution is -2.18. The normalized spacial score (nSPS) is 21.2. The SMILES string of the molecule is COP1(=O)Oc2ccccc2-c2ccccc21. The van der Waals surface area contributed by atoms with Gasteiger partial charge in [0.15, 0.2) is 0 Å². The molecule has 0 fully saturated rings. The zero-order valence-corrected chi connectivity index (χ0v) is 10.2. The van der Waals surface area contributed by atoms with Crippen LogP contribution in [0, 0.1) is 0 Å². The Labute approximate surface area is 99.5 Å². The van der Waals surface area contributed by atoms with Crippen molar-refractivity contribution in [3.05, 3.63) is 48.5 Å². The maximum absolute atomic E-state index is 12.5. The first-order valence-electron chi connectivity index (χ1n) is 5.29. The standard InChI is InChI=1S/C13H11O3P/c1-15-17(14)13-9-5-3-7-11(13)10-6-2-4-8-12(10)16-17/h2-9H,1H3. The van der Waals surface area contributed by atoms with Crippen molar-refractivity contribution < 1.29 is 13.6 Å². The molecule has 3 nitrogen and oxygen atoms in total. The zero-order valence-electron chi connectivity index (χ0n) is 9.29. The molecule has 86 valence electrons. The van der Waals surface area contributed by atoms with Crippen LogP contribution in [0.1, 0.15) is 0 Å². The molecule has 0 bridgehead atoms. The van der Waals surface area contributed by atoms with Crippen LogP contribution in [0.25, 0.3) is 11.1 Å². The van der Waals surface area contributed by atoms with Crippen LogP contribution in [0.15, 0.2) is 48.5 Å². The molecule has 1 aliphatic heterocycles.